The normalized spacial score (nSPS) is 11.4. The van der Waals surface area contributed by atoms with Crippen LogP contribution in [0.1, 0.15) is 18.4 Å². The molecule has 0 radical (unpaired) electrons. The Morgan fingerprint density at radius 2 is 1.62 bits per heavy atom. The van der Waals surface area contributed by atoms with E-state index in [4.69, 9.17) is 52.1 Å². The predicted molar refractivity (Wildman–Crippen MR) is 106 cm³/mol. The third-order valence-corrected chi connectivity index (χ3v) is 5.60. The van der Waals surface area contributed by atoms with Gasteiger partial charge in [-0.3, -0.25) is 0 Å². The van der Waals surface area contributed by atoms with Crippen LogP contribution >= 0.6 is 46.4 Å². The Balaban J connectivity index is 2.18. The number of aromatic amines is 1. The molecule has 0 aliphatic rings. The van der Waals surface area contributed by atoms with E-state index in [1.807, 2.05) is 24.3 Å². The zero-order chi connectivity index (χ0) is 17.3. The van der Waals surface area contributed by atoms with Crippen LogP contribution in [-0.2, 0) is 6.42 Å². The van der Waals surface area contributed by atoms with E-state index in [0.29, 0.717) is 26.6 Å². The van der Waals surface area contributed by atoms with E-state index in [9.17, 15) is 0 Å². The lowest BCUT2D eigenvalue weighted by Crippen LogP contribution is -1.99. The standard InChI is InChI=1S/C18H16Cl4N2/c19-13-6-4-10(9-15(13)21)17-11(3-1-2-8-23)12-5-7-14(20)16(22)18(12)24-17/h4-7,9,24H,1-3,8,23H2. The number of aromatic nitrogens is 1. The summed E-state index contributed by atoms with van der Waals surface area (Å²) in [5, 5.41) is 3.18. The molecule has 0 bridgehead atoms. The van der Waals surface area contributed by atoms with Gasteiger partial charge in [-0.2, -0.15) is 0 Å². The second-order valence-electron chi connectivity index (χ2n) is 5.64. The van der Waals surface area contributed by atoms with Gasteiger partial charge in [-0.25, -0.2) is 0 Å². The largest absolute Gasteiger partial charge is 0.353 e. The Hall–Kier alpha value is -0.900. The molecule has 1 aromatic heterocycles. The van der Waals surface area contributed by atoms with Crippen molar-refractivity contribution in [2.45, 2.75) is 19.3 Å². The lowest BCUT2D eigenvalue weighted by atomic mass is 10.0. The summed E-state index contributed by atoms with van der Waals surface area (Å²) in [6.07, 6.45) is 2.86. The zero-order valence-corrected chi connectivity index (χ0v) is 15.8. The highest BCUT2D eigenvalue weighted by Crippen LogP contribution is 2.39. The fourth-order valence-electron chi connectivity index (χ4n) is 2.86. The molecule has 3 N–H and O–H groups in total. The molecule has 0 atom stereocenters. The smallest absolute Gasteiger partial charge is 0.0833 e. The molecule has 24 heavy (non-hydrogen) atoms. The van der Waals surface area contributed by atoms with Crippen molar-refractivity contribution in [3.8, 4) is 11.3 Å². The van der Waals surface area contributed by atoms with E-state index in [0.717, 1.165) is 41.4 Å². The first-order valence-corrected chi connectivity index (χ1v) is 9.18. The van der Waals surface area contributed by atoms with E-state index < -0.39 is 0 Å². The molecule has 6 heteroatoms. The Morgan fingerprint density at radius 3 is 2.33 bits per heavy atom. The Labute approximate surface area is 160 Å². The van der Waals surface area contributed by atoms with Crippen LogP contribution in [0.2, 0.25) is 20.1 Å². The average Bonchev–Trinajstić information content (AvgIpc) is 2.93. The van der Waals surface area contributed by atoms with Gasteiger partial charge in [0.05, 0.1) is 25.6 Å². The van der Waals surface area contributed by atoms with Crippen molar-refractivity contribution in [3.05, 3.63) is 56.0 Å². The number of nitrogens with two attached hydrogens (primary N) is 1. The highest BCUT2D eigenvalue weighted by Gasteiger charge is 2.17. The van der Waals surface area contributed by atoms with Gasteiger partial charge in [0.25, 0.3) is 0 Å². The highest BCUT2D eigenvalue weighted by molar-refractivity contribution is 6.45. The maximum absolute atomic E-state index is 6.39. The molecule has 1 heterocycles. The van der Waals surface area contributed by atoms with E-state index in [2.05, 4.69) is 4.98 Å². The van der Waals surface area contributed by atoms with Gasteiger partial charge in [0.2, 0.25) is 0 Å². The summed E-state index contributed by atoms with van der Waals surface area (Å²) in [5.41, 5.74) is 9.62. The van der Waals surface area contributed by atoms with E-state index in [1.54, 1.807) is 6.07 Å². The summed E-state index contributed by atoms with van der Waals surface area (Å²) >= 11 is 24.8. The fourth-order valence-corrected chi connectivity index (χ4v) is 3.53. The lowest BCUT2D eigenvalue weighted by Gasteiger charge is -2.06. The van der Waals surface area contributed by atoms with Crippen LogP contribution in [0.25, 0.3) is 22.2 Å². The Bertz CT molecular complexity index is 886. The molecule has 0 spiro atoms. The summed E-state index contributed by atoms with van der Waals surface area (Å²) < 4.78 is 0. The Morgan fingerprint density at radius 1 is 0.875 bits per heavy atom. The second-order valence-corrected chi connectivity index (χ2v) is 7.24. The first-order chi connectivity index (χ1) is 11.5. The van der Waals surface area contributed by atoms with Crippen LogP contribution in [0.15, 0.2) is 30.3 Å². The van der Waals surface area contributed by atoms with E-state index in [-0.39, 0.29) is 0 Å². The molecule has 3 rings (SSSR count). The van der Waals surface area contributed by atoms with Crippen LogP contribution in [0.3, 0.4) is 0 Å². The number of rotatable bonds is 5. The molecule has 2 aromatic carbocycles. The van der Waals surface area contributed by atoms with Crippen molar-refractivity contribution in [2.75, 3.05) is 6.54 Å². The molecule has 0 unspecified atom stereocenters. The number of unbranched alkanes of at least 4 members (excludes halogenated alkanes) is 1. The zero-order valence-electron chi connectivity index (χ0n) is 12.8. The molecule has 0 fully saturated rings. The quantitative estimate of drug-likeness (QED) is 0.457. The van der Waals surface area contributed by atoms with Gasteiger partial charge in [0.1, 0.15) is 0 Å². The molecule has 2 nitrogen and oxygen atoms in total. The number of benzene rings is 2. The molecular weight excluding hydrogens is 386 g/mol. The van der Waals surface area contributed by atoms with E-state index >= 15 is 0 Å². The summed E-state index contributed by atoms with van der Waals surface area (Å²) in [5.74, 6) is 0. The maximum atomic E-state index is 6.39. The third kappa shape index (κ3) is 3.40. The minimum atomic E-state index is 0.518. The Kier molecular flexibility index (Phi) is 5.63. The molecule has 0 saturated heterocycles. The number of nitrogens with one attached hydrogen (secondary N) is 1. The topological polar surface area (TPSA) is 41.8 Å². The average molecular weight is 402 g/mol. The van der Waals surface area contributed by atoms with Gasteiger partial charge in [0.15, 0.2) is 0 Å². The maximum Gasteiger partial charge on any atom is 0.0833 e. The van der Waals surface area contributed by atoms with Crippen LogP contribution in [0.5, 0.6) is 0 Å². The monoisotopic (exact) mass is 400 g/mol. The van der Waals surface area contributed by atoms with Crippen molar-refractivity contribution in [1.29, 1.82) is 0 Å². The van der Waals surface area contributed by atoms with Crippen molar-refractivity contribution >= 4 is 57.3 Å². The highest BCUT2D eigenvalue weighted by atomic mass is 35.5. The van der Waals surface area contributed by atoms with Crippen molar-refractivity contribution in [2.24, 2.45) is 5.73 Å². The van der Waals surface area contributed by atoms with Crippen molar-refractivity contribution in [1.82, 2.24) is 4.98 Å². The summed E-state index contributed by atoms with van der Waals surface area (Å²) in [6.45, 7) is 0.678. The number of H-pyrrole nitrogens is 1. The van der Waals surface area contributed by atoms with Crippen LogP contribution in [-0.4, -0.2) is 11.5 Å². The molecule has 3 aromatic rings. The van der Waals surface area contributed by atoms with E-state index in [1.165, 1.54) is 5.56 Å². The van der Waals surface area contributed by atoms with Crippen LogP contribution in [0.4, 0.5) is 0 Å². The van der Waals surface area contributed by atoms with Gasteiger partial charge < -0.3 is 10.7 Å². The number of hydrogen-bond acceptors (Lipinski definition) is 1. The third-order valence-electron chi connectivity index (χ3n) is 4.06. The van der Waals surface area contributed by atoms with Gasteiger partial charge in [-0.15, -0.1) is 0 Å². The minimum Gasteiger partial charge on any atom is -0.353 e. The fraction of sp³-hybridized carbons (Fsp3) is 0.222. The first-order valence-electron chi connectivity index (χ1n) is 7.67. The van der Waals surface area contributed by atoms with Crippen molar-refractivity contribution in [3.63, 3.8) is 0 Å². The molecule has 0 aliphatic heterocycles. The SMILES string of the molecule is NCCCCc1c(-c2ccc(Cl)c(Cl)c2)[nH]c2c(Cl)c(Cl)ccc12. The molecule has 0 saturated carbocycles. The molecule has 0 amide bonds. The summed E-state index contributed by atoms with van der Waals surface area (Å²) in [6, 6.07) is 9.42. The molecular formula is C18H16Cl4N2. The van der Waals surface area contributed by atoms with Gasteiger partial charge >= 0.3 is 0 Å². The van der Waals surface area contributed by atoms with Crippen molar-refractivity contribution < 1.29 is 0 Å². The summed E-state index contributed by atoms with van der Waals surface area (Å²) in [4.78, 5) is 3.41. The number of halogens is 4. The van der Waals surface area contributed by atoms with Gasteiger partial charge in [-0.1, -0.05) is 58.5 Å². The number of hydrogen-bond donors (Lipinski definition) is 2. The van der Waals surface area contributed by atoms with Crippen LogP contribution < -0.4 is 5.73 Å². The predicted octanol–water partition coefficient (Wildman–Crippen LogP) is 6.73. The minimum absolute atomic E-state index is 0.518. The second kappa shape index (κ2) is 7.55. The van der Waals surface area contributed by atoms with Crippen LogP contribution in [0, 0.1) is 0 Å². The van der Waals surface area contributed by atoms with Gasteiger partial charge in [0, 0.05) is 11.1 Å². The first kappa shape index (κ1) is 17.9. The molecule has 126 valence electrons. The van der Waals surface area contributed by atoms with Gasteiger partial charge in [-0.05, 0) is 55.1 Å². The lowest BCUT2D eigenvalue weighted by molar-refractivity contribution is 0.748. The number of aryl methyl sites for hydroxylation is 1. The molecule has 0 aliphatic carbocycles. The summed E-state index contributed by atoms with van der Waals surface area (Å²) in [7, 11) is 0. The number of fused-ring (bicyclic) bond motifs is 1.